The third-order valence-electron chi connectivity index (χ3n) is 6.08. The Bertz CT molecular complexity index is 687. The zero-order chi connectivity index (χ0) is 14.4. The third-order valence-corrected chi connectivity index (χ3v) is 6.08. The van der Waals surface area contributed by atoms with Crippen LogP contribution in [0.15, 0.2) is 12.1 Å². The molecule has 5 nitrogen and oxygen atoms in total. The fourth-order valence-electron chi connectivity index (χ4n) is 5.22. The molecule has 2 unspecified atom stereocenters. The van der Waals surface area contributed by atoms with Crippen molar-refractivity contribution in [1.82, 2.24) is 5.32 Å². The molecule has 5 heteroatoms. The number of piperidine rings is 1. The van der Waals surface area contributed by atoms with Crippen LogP contribution in [0.2, 0.25) is 0 Å². The van der Waals surface area contributed by atoms with Crippen molar-refractivity contribution in [3.05, 3.63) is 23.3 Å². The van der Waals surface area contributed by atoms with E-state index in [4.69, 9.17) is 4.74 Å². The molecule has 1 spiro atoms. The van der Waals surface area contributed by atoms with E-state index in [1.54, 1.807) is 6.07 Å². The molecule has 1 aromatic rings. The average Bonchev–Trinajstić information content (AvgIpc) is 2.80. The molecule has 1 saturated heterocycles. The molecule has 2 bridgehead atoms. The average molecular weight is 287 g/mol. The fraction of sp³-hybridized carbons (Fsp3) is 0.562. The maximum Gasteiger partial charge on any atom is 0.174 e. The van der Waals surface area contributed by atoms with E-state index >= 15 is 0 Å². The lowest BCUT2D eigenvalue weighted by molar-refractivity contribution is -0.166. The van der Waals surface area contributed by atoms with Gasteiger partial charge in [0.05, 0.1) is 11.0 Å². The minimum Gasteiger partial charge on any atom is -0.504 e. The summed E-state index contributed by atoms with van der Waals surface area (Å²) in [7, 11) is 0. The van der Waals surface area contributed by atoms with E-state index in [0.717, 1.165) is 17.7 Å². The summed E-state index contributed by atoms with van der Waals surface area (Å²) in [6, 6.07) is 3.49. The van der Waals surface area contributed by atoms with Crippen molar-refractivity contribution in [2.45, 2.75) is 48.8 Å². The number of Topliss-reactive ketones (excluding diaryl/α,β-unsaturated/α-hetero) is 1. The molecule has 1 aromatic carbocycles. The number of phenols is 1. The predicted molar refractivity (Wildman–Crippen MR) is 73.5 cm³/mol. The minimum absolute atomic E-state index is 0.0452. The van der Waals surface area contributed by atoms with Gasteiger partial charge in [-0.25, -0.2) is 0 Å². The molecule has 21 heavy (non-hydrogen) atoms. The van der Waals surface area contributed by atoms with Crippen LogP contribution in [0.25, 0.3) is 0 Å². The Morgan fingerprint density at radius 1 is 1.33 bits per heavy atom. The second-order valence-corrected chi connectivity index (χ2v) is 6.77. The number of ketones is 1. The van der Waals surface area contributed by atoms with Gasteiger partial charge in [0, 0.05) is 18.0 Å². The van der Waals surface area contributed by atoms with E-state index in [1.807, 2.05) is 6.07 Å². The van der Waals surface area contributed by atoms with Crippen LogP contribution in [0.4, 0.5) is 0 Å². The molecule has 2 aliphatic heterocycles. The van der Waals surface area contributed by atoms with Crippen molar-refractivity contribution in [3.63, 3.8) is 0 Å². The Kier molecular flexibility index (Phi) is 1.95. The smallest absolute Gasteiger partial charge is 0.174 e. The van der Waals surface area contributed by atoms with Gasteiger partial charge < -0.3 is 20.3 Å². The number of rotatable bonds is 0. The highest BCUT2D eigenvalue weighted by atomic mass is 16.5. The van der Waals surface area contributed by atoms with Crippen molar-refractivity contribution in [2.75, 3.05) is 6.54 Å². The molecule has 0 radical (unpaired) electrons. The number of benzene rings is 1. The number of aromatic hydroxyl groups is 1. The molecule has 4 atom stereocenters. The summed E-state index contributed by atoms with van der Waals surface area (Å²) < 4.78 is 5.90. The van der Waals surface area contributed by atoms with Crippen molar-refractivity contribution in [2.24, 2.45) is 0 Å². The van der Waals surface area contributed by atoms with Crippen LogP contribution in [-0.2, 0) is 16.6 Å². The first-order valence-corrected chi connectivity index (χ1v) is 7.58. The monoisotopic (exact) mass is 287 g/mol. The van der Waals surface area contributed by atoms with Gasteiger partial charge in [-0.05, 0) is 37.4 Å². The van der Waals surface area contributed by atoms with Gasteiger partial charge in [0.2, 0.25) is 0 Å². The van der Waals surface area contributed by atoms with Gasteiger partial charge in [-0.15, -0.1) is 0 Å². The van der Waals surface area contributed by atoms with E-state index < -0.39 is 17.1 Å². The molecule has 5 rings (SSSR count). The van der Waals surface area contributed by atoms with Crippen molar-refractivity contribution < 1.29 is 19.7 Å². The van der Waals surface area contributed by atoms with E-state index in [9.17, 15) is 15.0 Å². The lowest BCUT2D eigenvalue weighted by Crippen LogP contribution is -2.76. The largest absolute Gasteiger partial charge is 0.504 e. The summed E-state index contributed by atoms with van der Waals surface area (Å²) in [5, 5.41) is 25.0. The molecule has 2 aliphatic carbocycles. The first kappa shape index (κ1) is 12.0. The van der Waals surface area contributed by atoms with Gasteiger partial charge in [-0.2, -0.15) is 0 Å². The van der Waals surface area contributed by atoms with Crippen LogP contribution >= 0.6 is 0 Å². The number of aliphatic hydroxyl groups is 1. The summed E-state index contributed by atoms with van der Waals surface area (Å²) >= 11 is 0. The zero-order valence-electron chi connectivity index (χ0n) is 11.6. The Labute approximate surface area is 121 Å². The van der Waals surface area contributed by atoms with Crippen LogP contribution in [0.1, 0.15) is 30.4 Å². The Hall–Kier alpha value is -1.59. The van der Waals surface area contributed by atoms with E-state index in [0.29, 0.717) is 31.4 Å². The zero-order valence-corrected chi connectivity index (χ0v) is 11.6. The van der Waals surface area contributed by atoms with Crippen LogP contribution in [0.3, 0.4) is 0 Å². The molecule has 110 valence electrons. The molecule has 3 N–H and O–H groups in total. The summed E-state index contributed by atoms with van der Waals surface area (Å²) in [5.74, 6) is 0.542. The number of hydrogen-bond acceptors (Lipinski definition) is 5. The molecular formula is C16H17NO4. The number of carbonyl (C=O) groups is 1. The van der Waals surface area contributed by atoms with Crippen molar-refractivity contribution in [3.8, 4) is 11.5 Å². The Balaban J connectivity index is 1.89. The van der Waals surface area contributed by atoms with Gasteiger partial charge in [0.15, 0.2) is 23.4 Å². The maximum atomic E-state index is 12.4. The lowest BCUT2D eigenvalue weighted by Gasteiger charge is -2.59. The van der Waals surface area contributed by atoms with Crippen molar-refractivity contribution >= 4 is 5.78 Å². The van der Waals surface area contributed by atoms with E-state index in [-0.39, 0.29) is 17.6 Å². The fourth-order valence-corrected chi connectivity index (χ4v) is 5.22. The van der Waals surface area contributed by atoms with Crippen LogP contribution in [0.5, 0.6) is 11.5 Å². The quantitative estimate of drug-likeness (QED) is 0.644. The van der Waals surface area contributed by atoms with Crippen molar-refractivity contribution in [1.29, 1.82) is 0 Å². The van der Waals surface area contributed by atoms with E-state index in [1.165, 1.54) is 0 Å². The summed E-state index contributed by atoms with van der Waals surface area (Å²) in [4.78, 5) is 12.4. The molecule has 1 saturated carbocycles. The Morgan fingerprint density at radius 3 is 3.05 bits per heavy atom. The first-order chi connectivity index (χ1) is 10.1. The van der Waals surface area contributed by atoms with Gasteiger partial charge >= 0.3 is 0 Å². The lowest BCUT2D eigenvalue weighted by atomic mass is 9.49. The Morgan fingerprint density at radius 2 is 2.19 bits per heavy atom. The molecule has 0 amide bonds. The minimum atomic E-state index is -0.962. The van der Waals surface area contributed by atoms with Gasteiger partial charge in [0.25, 0.3) is 0 Å². The standard InChI is InChI=1S/C16H17NO4/c18-9-2-1-8-7-11-16(20)4-3-10(19)14-15(16,5-6-17-11)12(8)13(9)21-14/h1-2,11,14,17-18,20H,3-7H2/t11-,14?,15?,16-/m0/s1. The highest BCUT2D eigenvalue weighted by Crippen LogP contribution is 2.63. The number of carbonyl (C=O) groups excluding carboxylic acids is 1. The number of hydrogen-bond donors (Lipinski definition) is 3. The third kappa shape index (κ3) is 1.09. The second kappa shape index (κ2) is 3.42. The second-order valence-electron chi connectivity index (χ2n) is 6.77. The number of phenolic OH excluding ortho intramolecular Hbond substituents is 1. The summed E-state index contributed by atoms with van der Waals surface area (Å²) in [5.41, 5.74) is 0.332. The predicted octanol–water partition coefficient (Wildman–Crippen LogP) is 0.403. The molecule has 4 aliphatic rings. The number of ether oxygens (including phenoxy) is 1. The van der Waals surface area contributed by atoms with Crippen LogP contribution < -0.4 is 10.1 Å². The molecule has 2 heterocycles. The maximum absolute atomic E-state index is 12.4. The highest BCUT2D eigenvalue weighted by molar-refractivity contribution is 5.90. The molecule has 2 fully saturated rings. The van der Waals surface area contributed by atoms with Crippen LogP contribution in [0, 0.1) is 0 Å². The normalized spacial score (nSPS) is 42.4. The van der Waals surface area contributed by atoms with Crippen LogP contribution in [-0.4, -0.2) is 40.3 Å². The van der Waals surface area contributed by atoms with Gasteiger partial charge in [-0.1, -0.05) is 6.07 Å². The summed E-state index contributed by atoms with van der Waals surface area (Å²) in [6.07, 6.45) is 1.54. The summed E-state index contributed by atoms with van der Waals surface area (Å²) in [6.45, 7) is 0.759. The molecular weight excluding hydrogens is 270 g/mol. The topological polar surface area (TPSA) is 78.8 Å². The van der Waals surface area contributed by atoms with Gasteiger partial charge in [-0.3, -0.25) is 4.79 Å². The first-order valence-electron chi connectivity index (χ1n) is 7.58. The molecule has 0 aromatic heterocycles. The highest BCUT2D eigenvalue weighted by Gasteiger charge is 2.71. The SMILES string of the molecule is O=C1CC[C@]2(O)[C@@H]3Cc4ccc(O)c5c4C2(CCN3)C1O5. The van der Waals surface area contributed by atoms with Gasteiger partial charge in [0.1, 0.15) is 0 Å². The van der Waals surface area contributed by atoms with E-state index in [2.05, 4.69) is 5.32 Å². The number of nitrogens with one attached hydrogen (secondary N) is 1.